The summed E-state index contributed by atoms with van der Waals surface area (Å²) < 4.78 is 43.5. The fourth-order valence-corrected chi connectivity index (χ4v) is 5.67. The van der Waals surface area contributed by atoms with Gasteiger partial charge in [0.2, 0.25) is 5.91 Å². The number of carbonyl (C=O) groups excluding carboxylic acids is 1. The molecule has 1 aliphatic rings. The lowest BCUT2D eigenvalue weighted by molar-refractivity contribution is -0.132. The van der Waals surface area contributed by atoms with Gasteiger partial charge in [-0.2, -0.15) is 13.2 Å². The van der Waals surface area contributed by atoms with E-state index in [4.69, 9.17) is 5.73 Å². The van der Waals surface area contributed by atoms with Gasteiger partial charge in [0.05, 0.1) is 5.57 Å². The van der Waals surface area contributed by atoms with Crippen LogP contribution in [0.25, 0.3) is 0 Å². The van der Waals surface area contributed by atoms with Crippen molar-refractivity contribution in [2.24, 2.45) is 21.1 Å². The number of rotatable bonds is 25. The Morgan fingerprint density at radius 1 is 0.940 bits per heavy atom. The summed E-state index contributed by atoms with van der Waals surface area (Å²) in [5.41, 5.74) is 6.06. The van der Waals surface area contributed by atoms with Gasteiger partial charge in [-0.1, -0.05) is 106 Å². The summed E-state index contributed by atoms with van der Waals surface area (Å²) in [6.07, 6.45) is 14.3. The minimum absolute atomic E-state index is 0.0174. The van der Waals surface area contributed by atoms with Gasteiger partial charge in [-0.3, -0.25) is 4.79 Å². The Morgan fingerprint density at radius 2 is 1.60 bits per heavy atom. The molecule has 7 nitrogen and oxygen atoms in total. The van der Waals surface area contributed by atoms with Crippen molar-refractivity contribution < 1.29 is 18.0 Å². The largest absolute Gasteiger partial charge is 0.419 e. The van der Waals surface area contributed by atoms with Crippen molar-refractivity contribution in [2.45, 2.75) is 177 Å². The standard InChI is InChI=1S/C38H67F3N6O.C2H6/c1-8-14-17-20-32(19-11-4)44-26-31(13-6)36(42)46-30(7)43-27-33(38(39,40)41)34(21-16-10-3)45-28-37(23-24-37)29-47(25-12-5)35(48)22-18-15-9-2;1-2/h21,26-27,32,44-45H,8-20,22-25,28-29H2,1-7H3,(H2,42,43,46);1-2H3/b31-26-,33-27+,34-21-;. The molecule has 0 heterocycles. The van der Waals surface area contributed by atoms with Crippen LogP contribution in [0.15, 0.2) is 45.3 Å². The summed E-state index contributed by atoms with van der Waals surface area (Å²) >= 11 is 0. The molecule has 0 radical (unpaired) electrons. The summed E-state index contributed by atoms with van der Waals surface area (Å²) in [4.78, 5) is 23.4. The van der Waals surface area contributed by atoms with E-state index in [0.717, 1.165) is 76.0 Å². The van der Waals surface area contributed by atoms with E-state index < -0.39 is 11.7 Å². The molecule has 1 aliphatic carbocycles. The molecule has 0 bridgehead atoms. The molecule has 0 saturated heterocycles. The number of nitrogens with two attached hydrogens (primary N) is 1. The first-order chi connectivity index (χ1) is 23.9. The zero-order valence-corrected chi connectivity index (χ0v) is 33.2. The summed E-state index contributed by atoms with van der Waals surface area (Å²) in [6, 6.07) is 0.347. The van der Waals surface area contributed by atoms with Crippen molar-refractivity contribution in [3.05, 3.63) is 35.3 Å². The van der Waals surface area contributed by atoms with Crippen molar-refractivity contribution in [3.63, 3.8) is 0 Å². The molecule has 0 aromatic rings. The van der Waals surface area contributed by atoms with Crippen LogP contribution in [0.3, 0.4) is 0 Å². The Bertz CT molecular complexity index is 1090. The van der Waals surface area contributed by atoms with E-state index >= 15 is 0 Å². The summed E-state index contributed by atoms with van der Waals surface area (Å²) in [5, 5.41) is 6.63. The maximum Gasteiger partial charge on any atom is 0.419 e. The molecule has 1 atom stereocenters. The highest BCUT2D eigenvalue weighted by Gasteiger charge is 2.45. The van der Waals surface area contributed by atoms with Crippen LogP contribution in [-0.2, 0) is 4.79 Å². The number of nitrogens with one attached hydrogen (secondary N) is 2. The van der Waals surface area contributed by atoms with E-state index in [0.29, 0.717) is 51.4 Å². The van der Waals surface area contributed by atoms with Crippen LogP contribution < -0.4 is 16.4 Å². The van der Waals surface area contributed by atoms with Gasteiger partial charge in [-0.15, -0.1) is 0 Å². The van der Waals surface area contributed by atoms with Crippen molar-refractivity contribution in [2.75, 3.05) is 19.6 Å². The Hall–Kier alpha value is -2.78. The van der Waals surface area contributed by atoms with Crippen LogP contribution in [-0.4, -0.2) is 54.3 Å². The highest BCUT2D eigenvalue weighted by Crippen LogP contribution is 2.46. The first kappa shape index (κ1) is 47.2. The van der Waals surface area contributed by atoms with Gasteiger partial charge in [0.15, 0.2) is 0 Å². The van der Waals surface area contributed by atoms with Gasteiger partial charge in [-0.25, -0.2) is 9.98 Å². The average Bonchev–Trinajstić information content (AvgIpc) is 3.85. The van der Waals surface area contributed by atoms with E-state index in [2.05, 4.69) is 41.4 Å². The van der Waals surface area contributed by atoms with Gasteiger partial charge in [-0.05, 0) is 58.3 Å². The third kappa shape index (κ3) is 19.6. The lowest BCUT2D eigenvalue weighted by Crippen LogP contribution is -2.40. The number of halogens is 3. The first-order valence-corrected chi connectivity index (χ1v) is 19.7. The number of unbranched alkanes of at least 4 members (excludes halogenated alkanes) is 5. The number of alkyl halides is 3. The van der Waals surface area contributed by atoms with Gasteiger partial charge in [0.25, 0.3) is 0 Å². The second-order valence-electron chi connectivity index (χ2n) is 13.4. The molecule has 1 amide bonds. The van der Waals surface area contributed by atoms with Crippen molar-refractivity contribution in [1.29, 1.82) is 0 Å². The fourth-order valence-electron chi connectivity index (χ4n) is 5.67. The Balaban J connectivity index is 0.0000118. The second-order valence-corrected chi connectivity index (χ2v) is 13.4. The monoisotopic (exact) mass is 711 g/mol. The molecule has 1 rings (SSSR count). The number of carbonyl (C=O) groups is 1. The van der Waals surface area contributed by atoms with Crippen molar-refractivity contribution in [1.82, 2.24) is 15.5 Å². The number of amidine groups is 2. The molecule has 1 fully saturated rings. The molecular weight excluding hydrogens is 637 g/mol. The molecule has 1 saturated carbocycles. The Labute approximate surface area is 304 Å². The van der Waals surface area contributed by atoms with Crippen LogP contribution in [0.2, 0.25) is 0 Å². The van der Waals surface area contributed by atoms with Gasteiger partial charge >= 0.3 is 6.18 Å². The van der Waals surface area contributed by atoms with E-state index in [1.165, 1.54) is 12.8 Å². The quantitative estimate of drug-likeness (QED) is 0.0380. The van der Waals surface area contributed by atoms with Crippen molar-refractivity contribution >= 4 is 17.6 Å². The molecule has 0 spiro atoms. The number of hydrogen-bond donors (Lipinski definition) is 3. The maximum atomic E-state index is 14.5. The molecule has 1 unspecified atom stereocenters. The van der Waals surface area contributed by atoms with E-state index in [-0.39, 0.29) is 28.7 Å². The predicted molar refractivity (Wildman–Crippen MR) is 208 cm³/mol. The predicted octanol–water partition coefficient (Wildman–Crippen LogP) is 10.7. The lowest BCUT2D eigenvalue weighted by Gasteiger charge is -2.29. The zero-order valence-electron chi connectivity index (χ0n) is 33.2. The van der Waals surface area contributed by atoms with Gasteiger partial charge in [0.1, 0.15) is 11.7 Å². The number of aliphatic imine (C=N–C) groups is 2. The molecular formula is C40H73F3N6O. The van der Waals surface area contributed by atoms with Crippen LogP contribution in [0.1, 0.15) is 165 Å². The van der Waals surface area contributed by atoms with E-state index in [1.807, 2.05) is 45.7 Å². The summed E-state index contributed by atoms with van der Waals surface area (Å²) in [6.45, 7) is 19.6. The zero-order chi connectivity index (χ0) is 38.0. The molecule has 4 N–H and O–H groups in total. The lowest BCUT2D eigenvalue weighted by atomic mass is 10.0. The Kier molecular flexibility index (Phi) is 25.5. The highest BCUT2D eigenvalue weighted by molar-refractivity contribution is 6.04. The Morgan fingerprint density at radius 3 is 2.14 bits per heavy atom. The van der Waals surface area contributed by atoms with Crippen LogP contribution in [0.4, 0.5) is 13.2 Å². The van der Waals surface area contributed by atoms with E-state index in [9.17, 15) is 18.0 Å². The first-order valence-electron chi connectivity index (χ1n) is 19.7. The van der Waals surface area contributed by atoms with Crippen LogP contribution in [0, 0.1) is 5.41 Å². The number of nitrogens with zero attached hydrogens (tertiary/aromatic N) is 3. The number of amides is 1. The molecule has 290 valence electrons. The molecule has 0 aliphatic heterocycles. The fraction of sp³-hybridized carbons (Fsp3) is 0.775. The SMILES string of the molecule is CC.CCC/C=C(NCC1(CN(CCC)C(=O)CCCCC)CC1)/C(=C\N=C(C)N=C(N)/C(=C\NC(CCC)CCCCC)CC)C(F)(F)F. The minimum Gasteiger partial charge on any atom is -0.388 e. The van der Waals surface area contributed by atoms with Crippen LogP contribution in [0.5, 0.6) is 0 Å². The highest BCUT2D eigenvalue weighted by atomic mass is 19.4. The second kappa shape index (κ2) is 26.9. The number of hydrogen-bond acceptors (Lipinski definition) is 4. The molecule has 10 heteroatoms. The topological polar surface area (TPSA) is 95.1 Å². The van der Waals surface area contributed by atoms with E-state index in [1.54, 1.807) is 13.0 Å². The van der Waals surface area contributed by atoms with Gasteiger partial charge in [0, 0.05) is 61.2 Å². The third-order valence-electron chi connectivity index (χ3n) is 8.87. The molecule has 0 aromatic carbocycles. The molecule has 0 aromatic heterocycles. The van der Waals surface area contributed by atoms with Crippen molar-refractivity contribution in [3.8, 4) is 0 Å². The normalized spacial score (nSPS) is 16.0. The average molecular weight is 711 g/mol. The number of allylic oxidation sites excluding steroid dienone is 2. The summed E-state index contributed by atoms with van der Waals surface area (Å²) in [7, 11) is 0. The van der Waals surface area contributed by atoms with Gasteiger partial charge < -0.3 is 21.3 Å². The smallest absolute Gasteiger partial charge is 0.388 e. The summed E-state index contributed by atoms with van der Waals surface area (Å²) in [5.74, 6) is 0.531. The maximum absolute atomic E-state index is 14.5. The minimum atomic E-state index is -4.63. The van der Waals surface area contributed by atoms with Crippen LogP contribution >= 0.6 is 0 Å². The third-order valence-corrected chi connectivity index (χ3v) is 8.87. The molecule has 50 heavy (non-hydrogen) atoms.